The van der Waals surface area contributed by atoms with Crippen LogP contribution in [0.1, 0.15) is 42.8 Å². The lowest BCUT2D eigenvalue weighted by molar-refractivity contribution is 0.133. The van der Waals surface area contributed by atoms with E-state index in [2.05, 4.69) is 58.3 Å². The first kappa shape index (κ1) is 19.4. The van der Waals surface area contributed by atoms with E-state index in [4.69, 9.17) is 0 Å². The molecular weight excluding hydrogens is 338 g/mol. The van der Waals surface area contributed by atoms with Crippen molar-refractivity contribution in [1.82, 2.24) is 25.1 Å². The third-order valence-electron chi connectivity index (χ3n) is 5.54. The van der Waals surface area contributed by atoms with E-state index in [1.807, 2.05) is 0 Å². The fourth-order valence-electron chi connectivity index (χ4n) is 3.74. The highest BCUT2D eigenvalue weighted by Crippen LogP contribution is 2.28. The standard InChI is InChI=1S/C21H31N5O/c1-16-8-12-26(13-9-16)19(18-7-5-4-6-17(18)2)14-24-21(27)25(3)15-20-22-10-11-23-20/h4-7,10-11,16,19H,8-9,12-15H2,1-3H3,(H,22,23)(H,24,27). The summed E-state index contributed by atoms with van der Waals surface area (Å²) >= 11 is 0. The van der Waals surface area contributed by atoms with E-state index in [9.17, 15) is 4.79 Å². The van der Waals surface area contributed by atoms with E-state index in [1.54, 1.807) is 24.3 Å². The Hall–Kier alpha value is -2.34. The Morgan fingerprint density at radius 1 is 1.37 bits per heavy atom. The number of hydrogen-bond donors (Lipinski definition) is 2. The van der Waals surface area contributed by atoms with Gasteiger partial charge in [0.05, 0.1) is 12.6 Å². The van der Waals surface area contributed by atoms with Crippen LogP contribution in [0.2, 0.25) is 0 Å². The van der Waals surface area contributed by atoms with Crippen molar-refractivity contribution >= 4 is 6.03 Å². The number of hydrogen-bond acceptors (Lipinski definition) is 3. The molecule has 2 heterocycles. The van der Waals surface area contributed by atoms with Crippen molar-refractivity contribution in [3.8, 4) is 0 Å². The molecule has 1 aliphatic rings. The van der Waals surface area contributed by atoms with Crippen LogP contribution in [0.3, 0.4) is 0 Å². The van der Waals surface area contributed by atoms with Crippen LogP contribution in [0, 0.1) is 12.8 Å². The number of piperidine rings is 1. The molecule has 2 N–H and O–H groups in total. The Morgan fingerprint density at radius 3 is 2.78 bits per heavy atom. The quantitative estimate of drug-likeness (QED) is 0.821. The Balaban J connectivity index is 1.66. The summed E-state index contributed by atoms with van der Waals surface area (Å²) in [6.07, 6.45) is 5.91. The molecule has 0 radical (unpaired) electrons. The highest BCUT2D eigenvalue weighted by molar-refractivity contribution is 5.73. The van der Waals surface area contributed by atoms with Gasteiger partial charge in [0.25, 0.3) is 0 Å². The zero-order valence-electron chi connectivity index (χ0n) is 16.6. The van der Waals surface area contributed by atoms with Gasteiger partial charge in [-0.1, -0.05) is 31.2 Å². The lowest BCUT2D eigenvalue weighted by atomic mass is 9.94. The summed E-state index contributed by atoms with van der Waals surface area (Å²) in [5.74, 6) is 1.57. The normalized spacial score (nSPS) is 16.9. The topological polar surface area (TPSA) is 64.3 Å². The summed E-state index contributed by atoms with van der Waals surface area (Å²) in [6, 6.07) is 8.64. The second-order valence-corrected chi connectivity index (χ2v) is 7.67. The van der Waals surface area contributed by atoms with E-state index in [0.29, 0.717) is 13.1 Å². The number of aromatic nitrogens is 2. The Labute approximate surface area is 162 Å². The van der Waals surface area contributed by atoms with E-state index in [0.717, 1.165) is 24.8 Å². The number of imidazole rings is 1. The van der Waals surface area contributed by atoms with Crippen LogP contribution in [-0.2, 0) is 6.54 Å². The van der Waals surface area contributed by atoms with Gasteiger partial charge in [-0.3, -0.25) is 4.90 Å². The SMILES string of the molecule is Cc1ccccc1C(CNC(=O)N(C)Cc1ncc[nH]1)N1CCC(C)CC1. The van der Waals surface area contributed by atoms with E-state index in [-0.39, 0.29) is 12.1 Å². The van der Waals surface area contributed by atoms with Gasteiger partial charge in [-0.15, -0.1) is 0 Å². The summed E-state index contributed by atoms with van der Waals surface area (Å²) in [7, 11) is 1.79. The number of likely N-dealkylation sites (tertiary alicyclic amines) is 1. The average molecular weight is 370 g/mol. The van der Waals surface area contributed by atoms with E-state index < -0.39 is 0 Å². The van der Waals surface area contributed by atoms with Gasteiger partial charge in [0.2, 0.25) is 0 Å². The predicted octanol–water partition coefficient (Wildman–Crippen LogP) is 3.33. The molecule has 1 saturated heterocycles. The Kier molecular flexibility index (Phi) is 6.50. The second kappa shape index (κ2) is 9.04. The fraction of sp³-hybridized carbons (Fsp3) is 0.524. The summed E-state index contributed by atoms with van der Waals surface area (Å²) < 4.78 is 0. The second-order valence-electron chi connectivity index (χ2n) is 7.67. The molecule has 0 spiro atoms. The highest BCUT2D eigenvalue weighted by atomic mass is 16.2. The number of carbonyl (C=O) groups is 1. The van der Waals surface area contributed by atoms with Crippen molar-refractivity contribution in [3.05, 3.63) is 53.6 Å². The van der Waals surface area contributed by atoms with Crippen LogP contribution in [0.25, 0.3) is 0 Å². The minimum atomic E-state index is -0.0737. The summed E-state index contributed by atoms with van der Waals surface area (Å²) in [5.41, 5.74) is 2.58. The maximum Gasteiger partial charge on any atom is 0.317 e. The number of rotatable bonds is 6. The van der Waals surface area contributed by atoms with Gasteiger partial charge in [-0.25, -0.2) is 9.78 Å². The van der Waals surface area contributed by atoms with Crippen molar-refractivity contribution < 1.29 is 4.79 Å². The predicted molar refractivity (Wildman–Crippen MR) is 107 cm³/mol. The van der Waals surface area contributed by atoms with Gasteiger partial charge in [-0.05, 0) is 49.9 Å². The molecule has 1 aromatic carbocycles. The molecule has 6 nitrogen and oxygen atoms in total. The third kappa shape index (κ3) is 5.10. The average Bonchev–Trinajstić information content (AvgIpc) is 3.17. The Bertz CT molecular complexity index is 722. The van der Waals surface area contributed by atoms with Crippen molar-refractivity contribution in [2.45, 2.75) is 39.3 Å². The van der Waals surface area contributed by atoms with E-state index in [1.165, 1.54) is 24.0 Å². The largest absolute Gasteiger partial charge is 0.347 e. The molecule has 1 aromatic heterocycles. The molecule has 27 heavy (non-hydrogen) atoms. The highest BCUT2D eigenvalue weighted by Gasteiger charge is 2.26. The summed E-state index contributed by atoms with van der Waals surface area (Å²) in [6.45, 7) is 7.72. The zero-order chi connectivity index (χ0) is 19.2. The number of urea groups is 1. The van der Waals surface area contributed by atoms with Crippen LogP contribution in [0.4, 0.5) is 4.79 Å². The van der Waals surface area contributed by atoms with Crippen LogP contribution >= 0.6 is 0 Å². The molecule has 0 bridgehead atoms. The molecule has 1 fully saturated rings. The van der Waals surface area contributed by atoms with Crippen molar-refractivity contribution in [2.75, 3.05) is 26.7 Å². The monoisotopic (exact) mass is 369 g/mol. The molecule has 3 rings (SSSR count). The molecule has 2 aromatic rings. The molecule has 1 atom stereocenters. The zero-order valence-corrected chi connectivity index (χ0v) is 16.6. The molecule has 6 heteroatoms. The van der Waals surface area contributed by atoms with Gasteiger partial charge in [-0.2, -0.15) is 0 Å². The smallest absolute Gasteiger partial charge is 0.317 e. The first-order valence-corrected chi connectivity index (χ1v) is 9.81. The molecule has 146 valence electrons. The number of aromatic amines is 1. The van der Waals surface area contributed by atoms with Crippen LogP contribution < -0.4 is 5.32 Å². The Morgan fingerprint density at radius 2 is 2.11 bits per heavy atom. The molecule has 1 unspecified atom stereocenters. The number of aryl methyl sites for hydroxylation is 1. The van der Waals surface area contributed by atoms with Crippen LogP contribution in [-0.4, -0.2) is 52.5 Å². The maximum absolute atomic E-state index is 12.6. The number of benzene rings is 1. The molecular formula is C21H31N5O. The number of amides is 2. The lowest BCUT2D eigenvalue weighted by Crippen LogP contribution is -2.45. The van der Waals surface area contributed by atoms with Crippen molar-refractivity contribution in [1.29, 1.82) is 0 Å². The third-order valence-corrected chi connectivity index (χ3v) is 5.54. The van der Waals surface area contributed by atoms with Crippen LogP contribution in [0.5, 0.6) is 0 Å². The molecule has 1 aliphatic heterocycles. The molecule has 2 amide bonds. The van der Waals surface area contributed by atoms with Crippen molar-refractivity contribution in [2.24, 2.45) is 5.92 Å². The van der Waals surface area contributed by atoms with Gasteiger partial charge in [0.1, 0.15) is 5.82 Å². The lowest BCUT2D eigenvalue weighted by Gasteiger charge is -2.38. The van der Waals surface area contributed by atoms with E-state index >= 15 is 0 Å². The minimum absolute atomic E-state index is 0.0737. The number of H-pyrrole nitrogens is 1. The van der Waals surface area contributed by atoms with Crippen molar-refractivity contribution in [3.63, 3.8) is 0 Å². The van der Waals surface area contributed by atoms with Crippen LogP contribution in [0.15, 0.2) is 36.7 Å². The van der Waals surface area contributed by atoms with Gasteiger partial charge < -0.3 is 15.2 Å². The number of carbonyl (C=O) groups excluding carboxylic acids is 1. The minimum Gasteiger partial charge on any atom is -0.347 e. The summed E-state index contributed by atoms with van der Waals surface area (Å²) in [4.78, 5) is 24.0. The number of nitrogens with one attached hydrogen (secondary N) is 2. The number of nitrogens with zero attached hydrogens (tertiary/aromatic N) is 3. The maximum atomic E-state index is 12.6. The van der Waals surface area contributed by atoms with Gasteiger partial charge in [0, 0.05) is 26.0 Å². The van der Waals surface area contributed by atoms with Gasteiger partial charge in [0.15, 0.2) is 0 Å². The molecule has 0 aliphatic carbocycles. The molecule has 0 saturated carbocycles. The first-order valence-electron chi connectivity index (χ1n) is 9.81. The first-order chi connectivity index (χ1) is 13.0. The van der Waals surface area contributed by atoms with Gasteiger partial charge >= 0.3 is 6.03 Å². The fourth-order valence-corrected chi connectivity index (χ4v) is 3.74. The summed E-state index contributed by atoms with van der Waals surface area (Å²) in [5, 5.41) is 3.13.